The van der Waals surface area contributed by atoms with E-state index >= 15 is 0 Å². The molecule has 0 radical (unpaired) electrons. The zero-order valence-corrected chi connectivity index (χ0v) is 13.2. The highest BCUT2D eigenvalue weighted by Gasteiger charge is 2.09. The van der Waals surface area contributed by atoms with Crippen molar-refractivity contribution in [3.63, 3.8) is 0 Å². The number of ether oxygens (including phenoxy) is 1. The van der Waals surface area contributed by atoms with Crippen molar-refractivity contribution in [2.45, 2.75) is 30.8 Å². The molecule has 1 heterocycles. The van der Waals surface area contributed by atoms with E-state index in [0.717, 1.165) is 16.9 Å². The molecule has 0 saturated carbocycles. The van der Waals surface area contributed by atoms with Crippen LogP contribution in [0.5, 0.6) is 5.75 Å². The lowest BCUT2D eigenvalue weighted by atomic mass is 10.1. The number of aromatic nitrogens is 2. The van der Waals surface area contributed by atoms with E-state index in [9.17, 15) is 4.79 Å². The summed E-state index contributed by atoms with van der Waals surface area (Å²) in [5.74, 6) is 1.46. The highest BCUT2D eigenvalue weighted by Crippen LogP contribution is 2.28. The second-order valence-electron chi connectivity index (χ2n) is 4.84. The number of methoxy groups -OCH3 is 1. The predicted octanol–water partition coefficient (Wildman–Crippen LogP) is 2.40. The molecule has 6 heteroatoms. The Morgan fingerprint density at radius 2 is 2.19 bits per heavy atom. The number of hydrogen-bond acceptors (Lipinski definition) is 5. The molecule has 0 amide bonds. The third-order valence-electron chi connectivity index (χ3n) is 3.04. The first-order valence-corrected chi connectivity index (χ1v) is 7.61. The van der Waals surface area contributed by atoms with Crippen LogP contribution in [0.15, 0.2) is 34.2 Å². The van der Waals surface area contributed by atoms with Crippen molar-refractivity contribution < 1.29 is 4.74 Å². The summed E-state index contributed by atoms with van der Waals surface area (Å²) in [6, 6.07) is 7.36. The maximum Gasteiger partial charge on any atom is 0.251 e. The van der Waals surface area contributed by atoms with Gasteiger partial charge in [-0.1, -0.05) is 17.8 Å². The molecule has 0 aliphatic rings. The van der Waals surface area contributed by atoms with Gasteiger partial charge in [0, 0.05) is 29.1 Å². The standard InChI is InChI=1S/C15H19N3O2S/c1-9-6-14(19)18-15(17-9)21-8-12-7-11(10(2)16)4-5-13(12)20-3/h4-7,10H,8,16H2,1-3H3,(H,17,18,19). The number of aryl methyl sites for hydroxylation is 1. The number of nitrogens with zero attached hydrogens (tertiary/aromatic N) is 1. The zero-order chi connectivity index (χ0) is 15.4. The lowest BCUT2D eigenvalue weighted by Gasteiger charge is -2.12. The highest BCUT2D eigenvalue weighted by atomic mass is 32.2. The van der Waals surface area contributed by atoms with Crippen molar-refractivity contribution >= 4 is 11.8 Å². The van der Waals surface area contributed by atoms with Crippen molar-refractivity contribution in [3.05, 3.63) is 51.4 Å². The first-order valence-electron chi connectivity index (χ1n) is 6.62. The monoisotopic (exact) mass is 305 g/mol. The number of nitrogens with one attached hydrogen (secondary N) is 1. The van der Waals surface area contributed by atoms with Crippen molar-refractivity contribution in [3.8, 4) is 5.75 Å². The van der Waals surface area contributed by atoms with Crippen LogP contribution < -0.4 is 16.0 Å². The number of hydrogen-bond donors (Lipinski definition) is 2. The SMILES string of the molecule is COc1ccc(C(C)N)cc1CSc1nc(C)cc(=O)[nH]1. The minimum absolute atomic E-state index is 0.0310. The molecule has 1 aromatic carbocycles. The van der Waals surface area contributed by atoms with Crippen LogP contribution in [0.25, 0.3) is 0 Å². The zero-order valence-electron chi connectivity index (χ0n) is 12.3. The molecule has 0 saturated heterocycles. The van der Waals surface area contributed by atoms with E-state index in [4.69, 9.17) is 10.5 Å². The Labute approximate surface area is 127 Å². The maximum atomic E-state index is 11.4. The van der Waals surface area contributed by atoms with Crippen molar-refractivity contribution in [2.24, 2.45) is 5.73 Å². The van der Waals surface area contributed by atoms with Gasteiger partial charge in [0.2, 0.25) is 0 Å². The fourth-order valence-corrected chi connectivity index (χ4v) is 2.86. The third-order valence-corrected chi connectivity index (χ3v) is 3.96. The number of aromatic amines is 1. The fraction of sp³-hybridized carbons (Fsp3) is 0.333. The topological polar surface area (TPSA) is 81.0 Å². The Balaban J connectivity index is 2.22. The molecule has 1 unspecified atom stereocenters. The molecule has 5 nitrogen and oxygen atoms in total. The first kappa shape index (κ1) is 15.6. The van der Waals surface area contributed by atoms with Crippen LogP contribution in [0.4, 0.5) is 0 Å². The molecule has 112 valence electrons. The number of rotatable bonds is 5. The number of thioether (sulfide) groups is 1. The number of benzene rings is 1. The normalized spacial score (nSPS) is 12.2. The maximum absolute atomic E-state index is 11.4. The smallest absolute Gasteiger partial charge is 0.251 e. The van der Waals surface area contributed by atoms with Crippen LogP contribution in [0.3, 0.4) is 0 Å². The van der Waals surface area contributed by atoms with E-state index in [1.54, 1.807) is 14.0 Å². The van der Waals surface area contributed by atoms with E-state index in [2.05, 4.69) is 9.97 Å². The van der Waals surface area contributed by atoms with E-state index in [1.165, 1.54) is 17.8 Å². The van der Waals surface area contributed by atoms with Gasteiger partial charge in [0.1, 0.15) is 5.75 Å². The third kappa shape index (κ3) is 4.09. The molecule has 0 fully saturated rings. The molecule has 0 aliphatic heterocycles. The quantitative estimate of drug-likeness (QED) is 0.655. The van der Waals surface area contributed by atoms with Gasteiger partial charge in [-0.15, -0.1) is 0 Å². The summed E-state index contributed by atoms with van der Waals surface area (Å²) in [6.45, 7) is 3.74. The summed E-state index contributed by atoms with van der Waals surface area (Å²) in [6.07, 6.45) is 0. The van der Waals surface area contributed by atoms with Crippen molar-refractivity contribution in [1.29, 1.82) is 0 Å². The highest BCUT2D eigenvalue weighted by molar-refractivity contribution is 7.98. The Hall–Kier alpha value is -1.79. The molecule has 0 spiro atoms. The van der Waals surface area contributed by atoms with E-state index < -0.39 is 0 Å². The molecule has 1 aromatic heterocycles. The molecule has 3 N–H and O–H groups in total. The minimum atomic E-state index is -0.138. The van der Waals surface area contributed by atoms with Crippen LogP contribution in [-0.2, 0) is 5.75 Å². The minimum Gasteiger partial charge on any atom is -0.496 e. The van der Waals surface area contributed by atoms with Crippen LogP contribution in [0.2, 0.25) is 0 Å². The summed E-state index contributed by atoms with van der Waals surface area (Å²) < 4.78 is 5.37. The van der Waals surface area contributed by atoms with E-state index in [1.807, 2.05) is 25.1 Å². The Morgan fingerprint density at radius 3 is 2.81 bits per heavy atom. The second kappa shape index (κ2) is 6.78. The molecule has 0 bridgehead atoms. The summed E-state index contributed by atoms with van der Waals surface area (Å²) in [4.78, 5) is 18.5. The van der Waals surface area contributed by atoms with Crippen LogP contribution >= 0.6 is 11.8 Å². The van der Waals surface area contributed by atoms with Crippen LogP contribution in [0.1, 0.15) is 29.8 Å². The fourth-order valence-electron chi connectivity index (χ4n) is 1.96. The van der Waals surface area contributed by atoms with Gasteiger partial charge in [0.25, 0.3) is 5.56 Å². The summed E-state index contributed by atoms with van der Waals surface area (Å²) >= 11 is 1.46. The van der Waals surface area contributed by atoms with Gasteiger partial charge in [0.05, 0.1) is 7.11 Å². The predicted molar refractivity (Wildman–Crippen MR) is 84.8 cm³/mol. The number of nitrogens with two attached hydrogens (primary N) is 1. The van der Waals surface area contributed by atoms with E-state index in [-0.39, 0.29) is 11.6 Å². The van der Waals surface area contributed by atoms with Crippen molar-refractivity contribution in [1.82, 2.24) is 9.97 Å². The lowest BCUT2D eigenvalue weighted by molar-refractivity contribution is 0.411. The average molecular weight is 305 g/mol. The summed E-state index contributed by atoms with van der Waals surface area (Å²) in [5, 5.41) is 0.605. The van der Waals surface area contributed by atoms with Gasteiger partial charge in [-0.2, -0.15) is 0 Å². The van der Waals surface area contributed by atoms with Crippen LogP contribution in [-0.4, -0.2) is 17.1 Å². The van der Waals surface area contributed by atoms with Gasteiger partial charge in [-0.25, -0.2) is 4.98 Å². The summed E-state index contributed by atoms with van der Waals surface area (Å²) in [7, 11) is 1.64. The number of H-pyrrole nitrogens is 1. The van der Waals surface area contributed by atoms with Crippen molar-refractivity contribution in [2.75, 3.05) is 7.11 Å². The molecule has 2 rings (SSSR count). The Kier molecular flexibility index (Phi) is 5.03. The summed E-state index contributed by atoms with van der Waals surface area (Å²) in [5.41, 5.74) is 8.56. The van der Waals surface area contributed by atoms with Crippen LogP contribution in [0, 0.1) is 6.92 Å². The Morgan fingerprint density at radius 1 is 1.43 bits per heavy atom. The van der Waals surface area contributed by atoms with Gasteiger partial charge >= 0.3 is 0 Å². The average Bonchev–Trinajstić information content (AvgIpc) is 2.43. The molecular weight excluding hydrogens is 286 g/mol. The molecule has 0 aliphatic carbocycles. The lowest BCUT2D eigenvalue weighted by Crippen LogP contribution is -2.08. The molecular formula is C15H19N3O2S. The van der Waals surface area contributed by atoms with Gasteiger partial charge in [-0.3, -0.25) is 4.79 Å². The second-order valence-corrected chi connectivity index (χ2v) is 5.80. The first-order chi connectivity index (χ1) is 9.99. The largest absolute Gasteiger partial charge is 0.496 e. The Bertz CT molecular complexity index is 683. The van der Waals surface area contributed by atoms with E-state index in [0.29, 0.717) is 16.6 Å². The van der Waals surface area contributed by atoms with Gasteiger partial charge in [-0.05, 0) is 31.5 Å². The molecule has 21 heavy (non-hydrogen) atoms. The van der Waals surface area contributed by atoms with Gasteiger partial charge in [0.15, 0.2) is 5.16 Å². The van der Waals surface area contributed by atoms with Gasteiger partial charge < -0.3 is 15.5 Å². The molecule has 2 aromatic rings. The molecule has 1 atom stereocenters.